The van der Waals surface area contributed by atoms with Crippen LogP contribution in [0.2, 0.25) is 0 Å². The van der Waals surface area contributed by atoms with Crippen molar-refractivity contribution in [3.63, 3.8) is 0 Å². The average molecular weight is 572 g/mol. The molecule has 0 aliphatic heterocycles. The average Bonchev–Trinajstić information content (AvgIpc) is 3.87. The Morgan fingerprint density at radius 2 is 1.56 bits per heavy atom. The van der Waals surface area contributed by atoms with Crippen LogP contribution in [0.4, 0.5) is 11.5 Å². The summed E-state index contributed by atoms with van der Waals surface area (Å²) in [7, 11) is 4.10. The molecule has 5 rings (SSSR count). The zero-order valence-corrected chi connectivity index (χ0v) is 27.0. The zero-order chi connectivity index (χ0) is 29.4. The third-order valence-corrected chi connectivity index (χ3v) is 10.3. The lowest BCUT2D eigenvalue weighted by Crippen LogP contribution is -2.34. The van der Waals surface area contributed by atoms with E-state index in [0.29, 0.717) is 23.7 Å². The Morgan fingerprint density at radius 3 is 2.17 bits per heavy atom. The molecule has 41 heavy (non-hydrogen) atoms. The molecule has 1 aromatic carbocycles. The molecular formula is C37H53N3S. The van der Waals surface area contributed by atoms with Gasteiger partial charge in [0.1, 0.15) is 5.82 Å². The van der Waals surface area contributed by atoms with Gasteiger partial charge in [0.15, 0.2) is 0 Å². The van der Waals surface area contributed by atoms with E-state index in [-0.39, 0.29) is 0 Å². The molecule has 0 bridgehead atoms. The van der Waals surface area contributed by atoms with E-state index in [1.165, 1.54) is 98.0 Å². The van der Waals surface area contributed by atoms with E-state index in [9.17, 15) is 0 Å². The predicted octanol–water partition coefficient (Wildman–Crippen LogP) is 10.7. The third-order valence-electron chi connectivity index (χ3n) is 9.18. The summed E-state index contributed by atoms with van der Waals surface area (Å²) in [6, 6.07) is 13.5. The molecule has 0 N–H and O–H groups in total. The predicted molar refractivity (Wildman–Crippen MR) is 183 cm³/mol. The van der Waals surface area contributed by atoms with Gasteiger partial charge in [-0.3, -0.25) is 0 Å². The number of rotatable bonds is 11. The molecule has 3 fully saturated rings. The van der Waals surface area contributed by atoms with E-state index in [0.717, 1.165) is 17.3 Å². The largest absolute Gasteiger partial charge is 0.363 e. The number of allylic oxidation sites excluding steroid dienone is 2. The second-order valence-corrected chi connectivity index (χ2v) is 13.5. The smallest absolute Gasteiger partial charge is 0.127 e. The van der Waals surface area contributed by atoms with Crippen LogP contribution in [-0.2, 0) is 0 Å². The number of aromatic nitrogens is 1. The highest BCUT2D eigenvalue weighted by Gasteiger charge is 2.29. The van der Waals surface area contributed by atoms with Crippen LogP contribution in [0.15, 0.2) is 72.9 Å². The molecule has 222 valence electrons. The Bertz CT molecular complexity index is 1150. The van der Waals surface area contributed by atoms with Crippen molar-refractivity contribution in [3.8, 4) is 0 Å². The van der Waals surface area contributed by atoms with Gasteiger partial charge < -0.3 is 9.80 Å². The molecule has 0 radical (unpaired) electrons. The minimum Gasteiger partial charge on any atom is -0.363 e. The number of hydrogen-bond acceptors (Lipinski definition) is 4. The van der Waals surface area contributed by atoms with E-state index in [2.05, 4.69) is 84.6 Å². The van der Waals surface area contributed by atoms with Crippen molar-refractivity contribution in [2.75, 3.05) is 30.4 Å². The number of thioether (sulfide) groups is 1. The van der Waals surface area contributed by atoms with Gasteiger partial charge in [0.2, 0.25) is 0 Å². The van der Waals surface area contributed by atoms with Crippen LogP contribution in [0.5, 0.6) is 0 Å². The highest BCUT2D eigenvalue weighted by Crippen LogP contribution is 2.46. The summed E-state index contributed by atoms with van der Waals surface area (Å²) in [6.07, 6.45) is 16.3. The number of anilines is 2. The van der Waals surface area contributed by atoms with Gasteiger partial charge in [-0.1, -0.05) is 82.8 Å². The van der Waals surface area contributed by atoms with Crippen LogP contribution in [-0.4, -0.2) is 25.6 Å². The molecule has 0 saturated heterocycles. The molecule has 4 heteroatoms. The highest BCUT2D eigenvalue weighted by atomic mass is 32.2. The van der Waals surface area contributed by atoms with E-state index in [4.69, 9.17) is 6.58 Å². The Morgan fingerprint density at radius 1 is 0.854 bits per heavy atom. The maximum absolute atomic E-state index is 4.73. The topological polar surface area (TPSA) is 19.4 Å². The van der Waals surface area contributed by atoms with Crippen LogP contribution in [0.1, 0.15) is 102 Å². The first-order valence-corrected chi connectivity index (χ1v) is 17.0. The molecule has 0 spiro atoms. The first-order valence-electron chi connectivity index (χ1n) is 16.1. The lowest BCUT2D eigenvalue weighted by Gasteiger charge is -2.38. The highest BCUT2D eigenvalue weighted by molar-refractivity contribution is 8.11. The van der Waals surface area contributed by atoms with E-state index in [1.54, 1.807) is 11.8 Å². The van der Waals surface area contributed by atoms with Crippen molar-refractivity contribution < 1.29 is 0 Å². The molecule has 0 atom stereocenters. The minimum atomic E-state index is 0.604. The maximum atomic E-state index is 4.73. The second-order valence-electron chi connectivity index (χ2n) is 12.3. The van der Waals surface area contributed by atoms with Crippen molar-refractivity contribution in [1.29, 1.82) is 0 Å². The standard InChI is InChI=1S/C35H47N3S.C2H6/c1-25(29-10-7-6-8-11-29)38(34-13-9-12-32(22-34)27(3)39-26(2)30-18-19-30)24-28-14-16-31(17-15-28)33-20-21-35(36-23-33)37(4)5;1-2/h9,12-13,20-23,28-31H,1-3,6-8,10-11,14-19,24H2,4-5H3;1-2H3. The molecule has 3 aliphatic carbocycles. The first kappa shape index (κ1) is 31.5. The monoisotopic (exact) mass is 571 g/mol. The normalized spacial score (nSPS) is 20.9. The van der Waals surface area contributed by atoms with Gasteiger partial charge in [0, 0.05) is 43.1 Å². The van der Waals surface area contributed by atoms with E-state index < -0.39 is 0 Å². The lowest BCUT2D eigenvalue weighted by molar-refractivity contribution is 0.323. The van der Waals surface area contributed by atoms with Gasteiger partial charge in [-0.05, 0) is 109 Å². The molecule has 0 amide bonds. The molecular weight excluding hydrogens is 518 g/mol. The quantitative estimate of drug-likeness (QED) is 0.267. The summed E-state index contributed by atoms with van der Waals surface area (Å²) in [5.41, 5.74) is 5.24. The number of nitrogens with zero attached hydrogens (tertiary/aromatic N) is 3. The van der Waals surface area contributed by atoms with Crippen LogP contribution in [0, 0.1) is 17.8 Å². The van der Waals surface area contributed by atoms with Crippen molar-refractivity contribution >= 4 is 28.2 Å². The van der Waals surface area contributed by atoms with E-state index >= 15 is 0 Å². The second kappa shape index (κ2) is 15.1. The van der Waals surface area contributed by atoms with Crippen LogP contribution in [0.3, 0.4) is 0 Å². The summed E-state index contributed by atoms with van der Waals surface area (Å²) in [5, 5.41) is 0. The molecule has 3 saturated carbocycles. The fourth-order valence-electron chi connectivity index (χ4n) is 6.44. The van der Waals surface area contributed by atoms with Crippen molar-refractivity contribution in [2.24, 2.45) is 17.8 Å². The van der Waals surface area contributed by atoms with E-state index in [1.807, 2.05) is 13.8 Å². The maximum Gasteiger partial charge on any atom is 0.127 e. The van der Waals surface area contributed by atoms with Crippen LogP contribution < -0.4 is 9.80 Å². The van der Waals surface area contributed by atoms with Crippen LogP contribution in [0.25, 0.3) is 4.91 Å². The molecule has 2 aromatic rings. The van der Waals surface area contributed by atoms with Crippen LogP contribution >= 0.6 is 11.8 Å². The van der Waals surface area contributed by atoms with Gasteiger partial charge in [0.05, 0.1) is 0 Å². The number of pyridine rings is 1. The van der Waals surface area contributed by atoms with Gasteiger partial charge in [-0.2, -0.15) is 0 Å². The first-order chi connectivity index (χ1) is 19.9. The summed E-state index contributed by atoms with van der Waals surface area (Å²) in [5.74, 6) is 3.64. The van der Waals surface area contributed by atoms with Crippen molar-refractivity contribution in [2.45, 2.75) is 90.4 Å². The molecule has 3 nitrogen and oxygen atoms in total. The number of hydrogen-bond donors (Lipinski definition) is 0. The molecule has 1 heterocycles. The van der Waals surface area contributed by atoms with Gasteiger partial charge in [-0.25, -0.2) is 4.98 Å². The minimum absolute atomic E-state index is 0.604. The number of benzene rings is 1. The van der Waals surface area contributed by atoms with Crippen molar-refractivity contribution in [1.82, 2.24) is 4.98 Å². The Balaban J connectivity index is 0.00000189. The Hall–Kier alpha value is -2.46. The summed E-state index contributed by atoms with van der Waals surface area (Å²) in [4.78, 5) is 11.7. The summed E-state index contributed by atoms with van der Waals surface area (Å²) >= 11 is 1.78. The lowest BCUT2D eigenvalue weighted by atomic mass is 9.78. The molecule has 0 unspecified atom stereocenters. The Labute approximate surface area is 255 Å². The van der Waals surface area contributed by atoms with Crippen molar-refractivity contribution in [3.05, 3.63) is 84.1 Å². The SMILES string of the molecule is C=C(SC(=C)C1CC1)c1cccc(N(CC2CCC(c3ccc(N(C)C)nc3)CC2)C(=C)C2CCCCC2)c1.CC. The fraction of sp³-hybridized carbons (Fsp3) is 0.541. The molecule has 3 aliphatic rings. The van der Waals surface area contributed by atoms with Gasteiger partial charge >= 0.3 is 0 Å². The summed E-state index contributed by atoms with van der Waals surface area (Å²) in [6.45, 7) is 18.5. The third kappa shape index (κ3) is 8.53. The fourth-order valence-corrected chi connectivity index (χ4v) is 7.40. The van der Waals surface area contributed by atoms with Gasteiger partial charge in [-0.15, -0.1) is 0 Å². The zero-order valence-electron chi connectivity index (χ0n) is 26.2. The Kier molecular flexibility index (Phi) is 11.6. The molecule has 1 aromatic heterocycles. The summed E-state index contributed by atoms with van der Waals surface area (Å²) < 4.78 is 0. The van der Waals surface area contributed by atoms with Gasteiger partial charge in [0.25, 0.3) is 0 Å².